The van der Waals surface area contributed by atoms with Crippen molar-refractivity contribution < 1.29 is 9.59 Å². The Hall–Kier alpha value is -3.07. The first kappa shape index (κ1) is 22.1. The number of carbonyl (C=O) groups excluding carboxylic acids is 2. The Balaban J connectivity index is 1.50. The van der Waals surface area contributed by atoms with E-state index in [1.807, 2.05) is 48.2 Å². The van der Waals surface area contributed by atoms with Crippen molar-refractivity contribution in [1.82, 2.24) is 24.7 Å². The third-order valence-corrected chi connectivity index (χ3v) is 7.09. The number of nitrogens with two attached hydrogens (primary N) is 1. The number of aromatic nitrogens is 2. The summed E-state index contributed by atoms with van der Waals surface area (Å²) in [6.07, 6.45) is 5.67. The third kappa shape index (κ3) is 4.72. The van der Waals surface area contributed by atoms with E-state index < -0.39 is 5.37 Å². The van der Waals surface area contributed by atoms with Crippen LogP contribution in [0.15, 0.2) is 41.8 Å². The molecule has 0 aromatic carbocycles. The fourth-order valence-corrected chi connectivity index (χ4v) is 5.24. The van der Waals surface area contributed by atoms with Crippen molar-refractivity contribution in [3.05, 3.63) is 58.6 Å². The molecule has 1 unspecified atom stereocenters. The lowest BCUT2D eigenvalue weighted by Gasteiger charge is -2.35. The highest BCUT2D eigenvalue weighted by molar-refractivity contribution is 8.04. The molecule has 1 atom stereocenters. The molecule has 2 aliphatic rings. The van der Waals surface area contributed by atoms with Gasteiger partial charge in [0.25, 0.3) is 5.91 Å². The molecule has 0 radical (unpaired) electrons. The van der Waals surface area contributed by atoms with E-state index in [0.29, 0.717) is 19.6 Å². The van der Waals surface area contributed by atoms with Crippen LogP contribution in [0.25, 0.3) is 11.3 Å². The van der Waals surface area contributed by atoms with Gasteiger partial charge in [-0.1, -0.05) is 17.8 Å². The number of piperazine rings is 1. The van der Waals surface area contributed by atoms with Crippen LogP contribution in [0.1, 0.15) is 23.7 Å². The van der Waals surface area contributed by atoms with Crippen LogP contribution in [0.5, 0.6) is 0 Å². The largest absolute Gasteiger partial charge is 0.367 e. The minimum atomic E-state index is -0.460. The first-order valence-electron chi connectivity index (χ1n) is 10.6. The van der Waals surface area contributed by atoms with E-state index in [9.17, 15) is 9.59 Å². The summed E-state index contributed by atoms with van der Waals surface area (Å²) < 4.78 is 0. The van der Waals surface area contributed by atoms with E-state index in [2.05, 4.69) is 20.9 Å². The fraction of sp³-hybridized carbons (Fsp3) is 0.391. The number of primary amides is 1. The number of pyridine rings is 2. The number of carbonyl (C=O) groups is 2. The average Bonchev–Trinajstić information content (AvgIpc) is 3.18. The summed E-state index contributed by atoms with van der Waals surface area (Å²) in [7, 11) is 0. The Bertz CT molecular complexity index is 1060. The van der Waals surface area contributed by atoms with Crippen LogP contribution in [0.2, 0.25) is 0 Å². The molecule has 4 heterocycles. The molecule has 0 bridgehead atoms. The Labute approximate surface area is 192 Å². The molecule has 2 aromatic rings. The monoisotopic (exact) mass is 452 g/mol. The van der Waals surface area contributed by atoms with E-state index in [1.54, 1.807) is 13.1 Å². The molecule has 1 fully saturated rings. The summed E-state index contributed by atoms with van der Waals surface area (Å²) in [6, 6.07) is 6.09. The van der Waals surface area contributed by atoms with Gasteiger partial charge in [0.15, 0.2) is 5.37 Å². The summed E-state index contributed by atoms with van der Waals surface area (Å²) in [5.74, 6) is -0.264. The van der Waals surface area contributed by atoms with Gasteiger partial charge in [-0.15, -0.1) is 0 Å². The van der Waals surface area contributed by atoms with Gasteiger partial charge in [0.05, 0.1) is 10.7 Å². The van der Waals surface area contributed by atoms with Crippen molar-refractivity contribution >= 4 is 23.6 Å². The number of rotatable bonds is 5. The average molecular weight is 453 g/mol. The quantitative estimate of drug-likeness (QED) is 0.742. The second-order valence-corrected chi connectivity index (χ2v) is 9.30. The smallest absolute Gasteiger partial charge is 0.251 e. The summed E-state index contributed by atoms with van der Waals surface area (Å²) in [5.41, 5.74) is 10.7. The standard InChI is InChI=1S/C23H28N6O2S/c1-15-10-18(12-26-21(15)19-4-5-25-16(2)11-19)13-29-14-20(32-23(29)22(24)31)28-8-6-27(7-9-28)17(3)30/h4-5,10-12,14,23H,6-9,13H2,1-3H3,(H2,24,31). The van der Waals surface area contributed by atoms with Crippen molar-refractivity contribution in [2.75, 3.05) is 26.2 Å². The van der Waals surface area contributed by atoms with Crippen LogP contribution in [0, 0.1) is 13.8 Å². The van der Waals surface area contributed by atoms with E-state index in [4.69, 9.17) is 5.73 Å². The van der Waals surface area contributed by atoms with Crippen molar-refractivity contribution in [1.29, 1.82) is 0 Å². The first-order chi connectivity index (χ1) is 15.3. The normalized spacial score (nSPS) is 18.7. The zero-order valence-corrected chi connectivity index (χ0v) is 19.4. The molecular weight excluding hydrogens is 424 g/mol. The van der Waals surface area contributed by atoms with Gasteiger partial charge in [0.2, 0.25) is 5.91 Å². The summed E-state index contributed by atoms with van der Waals surface area (Å²) in [6.45, 7) is 9.02. The molecule has 32 heavy (non-hydrogen) atoms. The maximum atomic E-state index is 12.1. The predicted molar refractivity (Wildman–Crippen MR) is 125 cm³/mol. The third-order valence-electron chi connectivity index (χ3n) is 5.76. The van der Waals surface area contributed by atoms with E-state index in [0.717, 1.165) is 46.2 Å². The topological polar surface area (TPSA) is 95.7 Å². The van der Waals surface area contributed by atoms with Gasteiger partial charge in [0.1, 0.15) is 0 Å². The SMILES string of the molecule is CC(=O)N1CCN(C2=CN(Cc3cnc(-c4ccnc(C)c4)c(C)c3)C(C(N)=O)S2)CC1. The molecule has 2 aliphatic heterocycles. The molecule has 168 valence electrons. The molecule has 8 nitrogen and oxygen atoms in total. The second kappa shape index (κ2) is 9.20. The van der Waals surface area contributed by atoms with Crippen molar-refractivity contribution in [3.8, 4) is 11.3 Å². The molecule has 4 rings (SSSR count). The van der Waals surface area contributed by atoms with Crippen LogP contribution in [-0.2, 0) is 16.1 Å². The van der Waals surface area contributed by atoms with Gasteiger partial charge in [0, 0.05) is 69.5 Å². The lowest BCUT2D eigenvalue weighted by Crippen LogP contribution is -2.47. The number of nitrogens with zero attached hydrogens (tertiary/aromatic N) is 5. The van der Waals surface area contributed by atoms with E-state index in [-0.39, 0.29) is 11.8 Å². The number of amides is 2. The Morgan fingerprint density at radius 2 is 1.91 bits per heavy atom. The van der Waals surface area contributed by atoms with Gasteiger partial charge >= 0.3 is 0 Å². The summed E-state index contributed by atoms with van der Waals surface area (Å²) >= 11 is 1.48. The van der Waals surface area contributed by atoms with Crippen LogP contribution >= 0.6 is 11.8 Å². The first-order valence-corrected chi connectivity index (χ1v) is 11.5. The van der Waals surface area contributed by atoms with Gasteiger partial charge in [-0.2, -0.15) is 0 Å². The van der Waals surface area contributed by atoms with Gasteiger partial charge in [-0.25, -0.2) is 0 Å². The molecule has 9 heteroatoms. The highest BCUT2D eigenvalue weighted by Crippen LogP contribution is 2.36. The highest BCUT2D eigenvalue weighted by atomic mass is 32.2. The lowest BCUT2D eigenvalue weighted by molar-refractivity contribution is -0.130. The highest BCUT2D eigenvalue weighted by Gasteiger charge is 2.33. The molecule has 2 amide bonds. The van der Waals surface area contributed by atoms with E-state index >= 15 is 0 Å². The lowest BCUT2D eigenvalue weighted by atomic mass is 10.1. The van der Waals surface area contributed by atoms with Gasteiger partial charge in [-0.3, -0.25) is 19.6 Å². The molecular formula is C23H28N6O2S. The number of thioether (sulfide) groups is 1. The molecule has 0 saturated carbocycles. The minimum absolute atomic E-state index is 0.0996. The second-order valence-electron chi connectivity index (χ2n) is 8.20. The van der Waals surface area contributed by atoms with Crippen LogP contribution in [-0.4, -0.2) is 68.0 Å². The molecule has 0 spiro atoms. The zero-order valence-electron chi connectivity index (χ0n) is 18.6. The minimum Gasteiger partial charge on any atom is -0.367 e. The van der Waals surface area contributed by atoms with E-state index in [1.165, 1.54) is 11.8 Å². The van der Waals surface area contributed by atoms with Crippen LogP contribution in [0.3, 0.4) is 0 Å². The molecule has 0 aliphatic carbocycles. The number of aryl methyl sites for hydroxylation is 2. The summed E-state index contributed by atoms with van der Waals surface area (Å²) in [4.78, 5) is 38.7. The Kier molecular flexibility index (Phi) is 6.36. The van der Waals surface area contributed by atoms with Crippen molar-refractivity contribution in [3.63, 3.8) is 0 Å². The van der Waals surface area contributed by atoms with Crippen molar-refractivity contribution in [2.24, 2.45) is 5.73 Å². The van der Waals surface area contributed by atoms with Crippen molar-refractivity contribution in [2.45, 2.75) is 32.7 Å². The van der Waals surface area contributed by atoms with Gasteiger partial charge < -0.3 is 20.4 Å². The molecule has 2 aromatic heterocycles. The molecule has 1 saturated heterocycles. The van der Waals surface area contributed by atoms with Crippen LogP contribution < -0.4 is 5.73 Å². The number of hydrogen-bond donors (Lipinski definition) is 1. The zero-order chi connectivity index (χ0) is 22.8. The summed E-state index contributed by atoms with van der Waals surface area (Å²) in [5, 5.41) is 0.559. The maximum Gasteiger partial charge on any atom is 0.251 e. The van der Waals surface area contributed by atoms with Gasteiger partial charge in [-0.05, 0) is 37.1 Å². The maximum absolute atomic E-state index is 12.1. The predicted octanol–water partition coefficient (Wildman–Crippen LogP) is 2.08. The Morgan fingerprint density at radius 1 is 1.16 bits per heavy atom. The molecule has 2 N–H and O–H groups in total. The fourth-order valence-electron chi connectivity index (χ4n) is 4.10. The van der Waals surface area contributed by atoms with Crippen LogP contribution in [0.4, 0.5) is 0 Å². The number of hydrogen-bond acceptors (Lipinski definition) is 7. The Morgan fingerprint density at radius 3 is 2.53 bits per heavy atom.